The number of hydrogen-bond acceptors (Lipinski definition) is 18. The van der Waals surface area contributed by atoms with Crippen molar-refractivity contribution in [3.05, 3.63) is 24.3 Å². The monoisotopic (exact) mass is 1320 g/mol. The lowest BCUT2D eigenvalue weighted by Gasteiger charge is -2.48. The van der Waals surface area contributed by atoms with Crippen LogP contribution in [-0.4, -0.2) is 193 Å². The van der Waals surface area contributed by atoms with Gasteiger partial charge in [-0.1, -0.05) is 276 Å². The minimum atomic E-state index is -1.97. The maximum absolute atomic E-state index is 13.4. The van der Waals surface area contributed by atoms with Gasteiger partial charge in [0, 0.05) is 6.42 Å². The Morgan fingerprint density at radius 2 is 0.717 bits per heavy atom. The van der Waals surface area contributed by atoms with E-state index in [-0.39, 0.29) is 18.9 Å². The third kappa shape index (κ3) is 36.2. The van der Waals surface area contributed by atoms with Gasteiger partial charge in [0.1, 0.15) is 73.2 Å². The van der Waals surface area contributed by atoms with Crippen LogP contribution in [0.15, 0.2) is 24.3 Å². The largest absolute Gasteiger partial charge is 0.394 e. The van der Waals surface area contributed by atoms with E-state index in [0.717, 1.165) is 51.4 Å². The molecule has 19 nitrogen and oxygen atoms in total. The molecule has 1 amide bonds. The summed E-state index contributed by atoms with van der Waals surface area (Å²) in [5.41, 5.74) is 0. The van der Waals surface area contributed by atoms with Gasteiger partial charge in [0.2, 0.25) is 5.91 Å². The summed E-state index contributed by atoms with van der Waals surface area (Å²) in [7, 11) is 0. The Balaban J connectivity index is 1.27. The lowest BCUT2D eigenvalue weighted by molar-refractivity contribution is -0.379. The van der Waals surface area contributed by atoms with E-state index in [9.17, 15) is 61.0 Å². The molecule has 17 atom stereocenters. The molecule has 0 aliphatic carbocycles. The average molecular weight is 1320 g/mol. The Hall–Kier alpha value is -1.73. The Labute approximate surface area is 556 Å². The van der Waals surface area contributed by atoms with Gasteiger partial charge in [0.15, 0.2) is 18.9 Å². The first-order valence-electron chi connectivity index (χ1n) is 37.6. The first kappa shape index (κ1) is 84.5. The lowest BCUT2D eigenvalue weighted by Crippen LogP contribution is -2.66. The van der Waals surface area contributed by atoms with E-state index < -0.39 is 124 Å². The Morgan fingerprint density at radius 3 is 1.11 bits per heavy atom. The molecular formula is C73H137NO18. The van der Waals surface area contributed by atoms with Crippen LogP contribution in [0.4, 0.5) is 0 Å². The number of aliphatic hydroxyl groups is 11. The number of amides is 1. The predicted molar refractivity (Wildman–Crippen MR) is 360 cm³/mol. The summed E-state index contributed by atoms with van der Waals surface area (Å²) >= 11 is 0. The Bertz CT molecular complexity index is 1760. The summed E-state index contributed by atoms with van der Waals surface area (Å²) in [4.78, 5) is 13.4. The number of nitrogens with one attached hydrogen (secondary N) is 1. The first-order valence-corrected chi connectivity index (χ1v) is 37.6. The zero-order valence-corrected chi connectivity index (χ0v) is 57.5. The van der Waals surface area contributed by atoms with E-state index in [1.54, 1.807) is 0 Å². The minimum absolute atomic E-state index is 0.239. The third-order valence-electron chi connectivity index (χ3n) is 19.0. The second-order valence-corrected chi connectivity index (χ2v) is 27.1. The molecule has 3 rings (SSSR count). The summed E-state index contributed by atoms with van der Waals surface area (Å²) in [6.45, 7) is 1.79. The van der Waals surface area contributed by atoms with E-state index >= 15 is 0 Å². The number of unbranched alkanes of at least 4 members (excludes halogenated alkanes) is 39. The van der Waals surface area contributed by atoms with Crippen LogP contribution in [0.25, 0.3) is 0 Å². The van der Waals surface area contributed by atoms with Crippen molar-refractivity contribution >= 4 is 5.91 Å². The number of ether oxygens (including phenoxy) is 6. The van der Waals surface area contributed by atoms with Gasteiger partial charge in [-0.05, 0) is 44.9 Å². The van der Waals surface area contributed by atoms with Gasteiger partial charge in [0.25, 0.3) is 0 Å². The molecule has 92 heavy (non-hydrogen) atoms. The van der Waals surface area contributed by atoms with Crippen molar-refractivity contribution < 1.29 is 89.4 Å². The van der Waals surface area contributed by atoms with Crippen molar-refractivity contribution in [2.45, 2.75) is 407 Å². The molecule has 0 spiro atoms. The van der Waals surface area contributed by atoms with Gasteiger partial charge in [0.05, 0.1) is 38.6 Å². The third-order valence-corrected chi connectivity index (χ3v) is 19.0. The minimum Gasteiger partial charge on any atom is -0.394 e. The molecule has 0 aromatic heterocycles. The van der Waals surface area contributed by atoms with Crippen molar-refractivity contribution in [3.8, 4) is 0 Å². The summed E-state index contributed by atoms with van der Waals surface area (Å²) < 4.78 is 34.4. The molecule has 12 N–H and O–H groups in total. The molecule has 0 radical (unpaired) electrons. The molecule has 3 aliphatic heterocycles. The number of allylic oxidation sites excluding steroid dienone is 4. The van der Waals surface area contributed by atoms with Gasteiger partial charge >= 0.3 is 0 Å². The molecule has 17 unspecified atom stereocenters. The summed E-state index contributed by atoms with van der Waals surface area (Å²) in [5, 5.41) is 120. The van der Waals surface area contributed by atoms with Crippen molar-refractivity contribution in [2.75, 3.05) is 26.4 Å². The molecule has 0 bridgehead atoms. The summed E-state index contributed by atoms with van der Waals surface area (Å²) in [5.74, 6) is -0.239. The molecule has 3 heterocycles. The zero-order valence-electron chi connectivity index (χ0n) is 57.5. The maximum atomic E-state index is 13.4. The quantitative estimate of drug-likeness (QED) is 0.0199. The molecule has 542 valence electrons. The highest BCUT2D eigenvalue weighted by Crippen LogP contribution is 2.33. The number of carbonyl (C=O) groups excluding carboxylic acids is 1. The summed E-state index contributed by atoms with van der Waals surface area (Å²) in [6.07, 6.45) is 37.5. The fraction of sp³-hybridized carbons (Fsp3) is 0.932. The zero-order chi connectivity index (χ0) is 66.8. The number of rotatable bonds is 59. The van der Waals surface area contributed by atoms with Crippen molar-refractivity contribution in [1.29, 1.82) is 0 Å². The molecular weight excluding hydrogens is 1180 g/mol. The fourth-order valence-electron chi connectivity index (χ4n) is 12.9. The molecule has 19 heteroatoms. The van der Waals surface area contributed by atoms with Gasteiger partial charge in [-0.15, -0.1) is 0 Å². The van der Waals surface area contributed by atoms with Crippen LogP contribution in [0.2, 0.25) is 0 Å². The average Bonchev–Trinajstić information content (AvgIpc) is 0.799. The molecule has 0 aromatic rings. The van der Waals surface area contributed by atoms with E-state index in [2.05, 4.69) is 43.5 Å². The topological polar surface area (TPSA) is 307 Å². The normalized spacial score (nSPS) is 27.8. The van der Waals surface area contributed by atoms with Crippen LogP contribution < -0.4 is 5.32 Å². The molecule has 3 saturated heterocycles. The SMILES string of the molecule is CCCCCCC/C=C\C/C=C\CCCCCCCCCCCCCCCCCCCCCCCCCCCC(=O)NC(COC1OC(CO)C(OC2OC(CO)C(OC3OC(CO)C(O)C(O)C3O)C(O)C2O)C(O)C1O)C(O)CCCCCCCCCCCC. The molecule has 3 fully saturated rings. The second-order valence-electron chi connectivity index (χ2n) is 27.1. The van der Waals surface area contributed by atoms with Crippen molar-refractivity contribution in [1.82, 2.24) is 5.32 Å². The number of aliphatic hydroxyl groups excluding tert-OH is 11. The lowest BCUT2D eigenvalue weighted by atomic mass is 9.96. The van der Waals surface area contributed by atoms with E-state index in [1.807, 2.05) is 0 Å². The Morgan fingerprint density at radius 1 is 0.391 bits per heavy atom. The standard InChI is InChI=1S/C73H137NO18/c1-3-5-7-9-11-13-15-16-17-18-19-20-21-22-23-24-25-26-27-28-29-30-31-32-33-34-35-36-37-38-39-40-41-43-45-47-49-51-61(79)74-56(57(78)50-48-46-44-42-14-12-10-8-6-4-2)55-87-71-67(85)64(82)69(59(53-76)89-71)92-73-68(86)65(83)70(60(54-77)90-73)91-72-66(84)63(81)62(80)58(52-75)88-72/h15-16,18-19,56-60,62-73,75-78,80-86H,3-14,17,20-55H2,1-2H3,(H,74,79)/b16-15-,19-18-. The molecule has 0 aromatic carbocycles. The summed E-state index contributed by atoms with van der Waals surface area (Å²) in [6, 6.07) is -0.882. The predicted octanol–water partition coefficient (Wildman–Crippen LogP) is 11.0. The molecule has 0 saturated carbocycles. The van der Waals surface area contributed by atoms with E-state index in [0.29, 0.717) is 12.8 Å². The molecule has 3 aliphatic rings. The van der Waals surface area contributed by atoms with Crippen LogP contribution in [0.1, 0.15) is 303 Å². The Kier molecular flexibility index (Phi) is 50.7. The van der Waals surface area contributed by atoms with Crippen LogP contribution in [-0.2, 0) is 33.2 Å². The highest BCUT2D eigenvalue weighted by molar-refractivity contribution is 5.76. The second kappa shape index (κ2) is 55.2. The first-order chi connectivity index (χ1) is 44.8. The highest BCUT2D eigenvalue weighted by atomic mass is 16.8. The smallest absolute Gasteiger partial charge is 0.220 e. The van der Waals surface area contributed by atoms with E-state index in [4.69, 9.17) is 28.4 Å². The van der Waals surface area contributed by atoms with Gasteiger partial charge < -0.3 is 89.9 Å². The van der Waals surface area contributed by atoms with Gasteiger partial charge in [-0.3, -0.25) is 4.79 Å². The van der Waals surface area contributed by atoms with Gasteiger partial charge in [-0.25, -0.2) is 0 Å². The number of carbonyl (C=O) groups is 1. The van der Waals surface area contributed by atoms with Crippen LogP contribution in [0.5, 0.6) is 0 Å². The maximum Gasteiger partial charge on any atom is 0.220 e. The van der Waals surface area contributed by atoms with Crippen molar-refractivity contribution in [3.63, 3.8) is 0 Å². The van der Waals surface area contributed by atoms with Crippen LogP contribution in [0.3, 0.4) is 0 Å². The van der Waals surface area contributed by atoms with Gasteiger partial charge in [-0.2, -0.15) is 0 Å². The van der Waals surface area contributed by atoms with E-state index in [1.165, 1.54) is 218 Å². The fourth-order valence-corrected chi connectivity index (χ4v) is 12.9. The van der Waals surface area contributed by atoms with Crippen LogP contribution in [0, 0.1) is 0 Å². The van der Waals surface area contributed by atoms with Crippen molar-refractivity contribution in [2.24, 2.45) is 0 Å². The van der Waals surface area contributed by atoms with Crippen LogP contribution >= 0.6 is 0 Å². The number of hydrogen-bond donors (Lipinski definition) is 12. The highest BCUT2D eigenvalue weighted by Gasteiger charge is 2.53.